The van der Waals surface area contributed by atoms with E-state index < -0.39 is 50.7 Å². The molecule has 3 aliphatic heterocycles. The molecule has 10 atom stereocenters. The van der Waals surface area contributed by atoms with Gasteiger partial charge in [0.2, 0.25) is 0 Å². The summed E-state index contributed by atoms with van der Waals surface area (Å²) in [7, 11) is -6.35. The van der Waals surface area contributed by atoms with E-state index in [-0.39, 0.29) is 58.9 Å². The van der Waals surface area contributed by atoms with Gasteiger partial charge in [-0.1, -0.05) is 79.8 Å². The van der Waals surface area contributed by atoms with Crippen molar-refractivity contribution < 1.29 is 41.3 Å². The highest BCUT2D eigenvalue weighted by molar-refractivity contribution is 7.91. The Labute approximate surface area is 348 Å². The summed E-state index contributed by atoms with van der Waals surface area (Å²) < 4.78 is 68.6. The van der Waals surface area contributed by atoms with Gasteiger partial charge in [-0.3, -0.25) is 0 Å². The Balaban J connectivity index is 1.59. The molecule has 0 aromatic heterocycles. The van der Waals surface area contributed by atoms with Crippen molar-refractivity contribution in [2.75, 3.05) is 26.1 Å². The monoisotopic (exact) mass is 850 g/mol. The number of aliphatic hydroxyl groups excluding tert-OH is 1. The predicted molar refractivity (Wildman–Crippen MR) is 235 cm³/mol. The SMILES string of the molecule is C=C1C(CC2OC(C[C@@H](CO[Si](C)(C)C(C)(C)C)O[Si](C)(C)C(C)(C)C)[C@H](OC)[C@H]2CS(=O)(=O)c2ccccc2)O[C@@H](CC[C@@H]2OC(CCCO)CC2=C)C[C@H]1C. The zero-order valence-electron chi connectivity index (χ0n) is 37.5. The largest absolute Gasteiger partial charge is 0.414 e. The van der Waals surface area contributed by atoms with Crippen LogP contribution in [0.5, 0.6) is 0 Å². The van der Waals surface area contributed by atoms with Gasteiger partial charge in [-0.05, 0) is 104 Å². The Bertz CT molecular complexity index is 1570. The summed E-state index contributed by atoms with van der Waals surface area (Å²) in [6.07, 6.45) is 4.12. The second kappa shape index (κ2) is 19.7. The fourth-order valence-electron chi connectivity index (χ4n) is 8.08. The Morgan fingerprint density at radius 1 is 0.877 bits per heavy atom. The number of rotatable bonds is 19. The molecule has 3 aliphatic rings. The first-order valence-electron chi connectivity index (χ1n) is 21.4. The van der Waals surface area contributed by atoms with Gasteiger partial charge in [-0.15, -0.1) is 0 Å². The molecule has 0 amide bonds. The van der Waals surface area contributed by atoms with Crippen LogP contribution in [0.1, 0.15) is 99.8 Å². The van der Waals surface area contributed by atoms with Crippen molar-refractivity contribution in [3.63, 3.8) is 0 Å². The summed E-state index contributed by atoms with van der Waals surface area (Å²) in [5, 5.41) is 9.32. The van der Waals surface area contributed by atoms with Gasteiger partial charge in [0.25, 0.3) is 0 Å². The maximum absolute atomic E-state index is 14.1. The molecule has 0 saturated carbocycles. The molecule has 0 aliphatic carbocycles. The van der Waals surface area contributed by atoms with E-state index in [1.54, 1.807) is 31.4 Å². The lowest BCUT2D eigenvalue weighted by molar-refractivity contribution is -0.0782. The first-order valence-corrected chi connectivity index (χ1v) is 28.9. The third-order valence-corrected chi connectivity index (χ3v) is 24.7. The first-order chi connectivity index (χ1) is 26.4. The Morgan fingerprint density at radius 3 is 2.11 bits per heavy atom. The maximum Gasteiger partial charge on any atom is 0.192 e. The fraction of sp³-hybridized carbons (Fsp3) is 0.778. The third kappa shape index (κ3) is 12.7. The van der Waals surface area contributed by atoms with Gasteiger partial charge < -0.3 is 32.9 Å². The van der Waals surface area contributed by atoms with Crippen molar-refractivity contribution in [3.8, 4) is 0 Å². The van der Waals surface area contributed by atoms with Crippen LogP contribution in [-0.4, -0.2) is 105 Å². The maximum atomic E-state index is 14.1. The van der Waals surface area contributed by atoms with Gasteiger partial charge >= 0.3 is 0 Å². The molecule has 0 radical (unpaired) electrons. The van der Waals surface area contributed by atoms with Crippen LogP contribution in [0.2, 0.25) is 36.3 Å². The highest BCUT2D eigenvalue weighted by atomic mass is 32.2. The summed E-state index contributed by atoms with van der Waals surface area (Å²) in [4.78, 5) is 0.297. The van der Waals surface area contributed by atoms with Crippen molar-refractivity contribution in [2.45, 2.75) is 190 Å². The predicted octanol–water partition coefficient (Wildman–Crippen LogP) is 9.67. The summed E-state index contributed by atoms with van der Waals surface area (Å²) in [5.74, 6) is -0.324. The molecular weight excluding hydrogens is 773 g/mol. The van der Waals surface area contributed by atoms with Crippen LogP contribution >= 0.6 is 0 Å². The zero-order chi connectivity index (χ0) is 42.6. The number of benzene rings is 1. The van der Waals surface area contributed by atoms with Crippen LogP contribution in [0.4, 0.5) is 0 Å². The van der Waals surface area contributed by atoms with Crippen LogP contribution in [0, 0.1) is 11.8 Å². The number of methoxy groups -OCH3 is 1. The Kier molecular flexibility index (Phi) is 16.7. The van der Waals surface area contributed by atoms with Crippen molar-refractivity contribution in [3.05, 3.63) is 54.6 Å². The van der Waals surface area contributed by atoms with Crippen molar-refractivity contribution in [1.29, 1.82) is 0 Å². The lowest BCUT2D eigenvalue weighted by Crippen LogP contribution is -2.49. The number of sulfone groups is 1. The second-order valence-electron chi connectivity index (χ2n) is 20.2. The average molecular weight is 851 g/mol. The average Bonchev–Trinajstić information content (AvgIpc) is 3.63. The molecule has 3 fully saturated rings. The minimum atomic E-state index is -3.68. The van der Waals surface area contributed by atoms with Crippen molar-refractivity contribution in [1.82, 2.24) is 0 Å². The van der Waals surface area contributed by atoms with Crippen LogP contribution in [0.3, 0.4) is 0 Å². The molecule has 12 heteroatoms. The topological polar surface area (TPSA) is 110 Å². The Hall–Kier alpha value is -1.20. The molecule has 1 aromatic carbocycles. The summed E-state index contributed by atoms with van der Waals surface area (Å²) >= 11 is 0. The van der Waals surface area contributed by atoms with Gasteiger partial charge in [0.05, 0.1) is 66.1 Å². The third-order valence-electron chi connectivity index (χ3n) is 13.8. The van der Waals surface area contributed by atoms with E-state index in [1.807, 2.05) is 6.07 Å². The normalized spacial score (nSPS) is 29.9. The van der Waals surface area contributed by atoms with Gasteiger partial charge in [-0.2, -0.15) is 0 Å². The lowest BCUT2D eigenvalue weighted by Gasteiger charge is -2.42. The summed E-state index contributed by atoms with van der Waals surface area (Å²) in [5.41, 5.74) is 2.14. The van der Waals surface area contributed by atoms with Gasteiger partial charge in [0.15, 0.2) is 26.5 Å². The van der Waals surface area contributed by atoms with E-state index in [9.17, 15) is 13.5 Å². The number of hydrogen-bond acceptors (Lipinski definition) is 9. The molecule has 4 rings (SSSR count). The molecule has 4 unspecified atom stereocenters. The van der Waals surface area contributed by atoms with E-state index in [2.05, 4.69) is 87.8 Å². The molecule has 3 heterocycles. The van der Waals surface area contributed by atoms with Gasteiger partial charge in [0.1, 0.15) is 0 Å². The number of aliphatic hydroxyl groups is 1. The van der Waals surface area contributed by atoms with Crippen LogP contribution < -0.4 is 0 Å². The highest BCUT2D eigenvalue weighted by Gasteiger charge is 2.50. The smallest absolute Gasteiger partial charge is 0.192 e. The molecule has 1 N–H and O–H groups in total. The quantitative estimate of drug-likeness (QED) is 0.108. The lowest BCUT2D eigenvalue weighted by atomic mass is 9.83. The van der Waals surface area contributed by atoms with Gasteiger partial charge in [-0.25, -0.2) is 8.42 Å². The second-order valence-corrected chi connectivity index (χ2v) is 31.8. The molecule has 57 heavy (non-hydrogen) atoms. The molecule has 326 valence electrons. The van der Waals surface area contributed by atoms with Crippen molar-refractivity contribution >= 4 is 26.5 Å². The molecule has 0 bridgehead atoms. The number of hydrogen-bond donors (Lipinski definition) is 1. The first kappa shape index (κ1) is 48.5. The summed E-state index contributed by atoms with van der Waals surface area (Å²) in [6, 6.07) is 8.68. The van der Waals surface area contributed by atoms with Gasteiger partial charge in [0, 0.05) is 32.5 Å². The Morgan fingerprint density at radius 2 is 1.51 bits per heavy atom. The van der Waals surface area contributed by atoms with E-state index in [1.165, 1.54) is 0 Å². The van der Waals surface area contributed by atoms with Crippen molar-refractivity contribution in [2.24, 2.45) is 11.8 Å². The van der Waals surface area contributed by atoms with E-state index in [0.29, 0.717) is 24.3 Å². The molecule has 1 aromatic rings. The molecule has 0 spiro atoms. The van der Waals surface area contributed by atoms with Crippen LogP contribution in [-0.2, 0) is 37.6 Å². The molecule has 9 nitrogen and oxygen atoms in total. The van der Waals surface area contributed by atoms with E-state index >= 15 is 0 Å². The van der Waals surface area contributed by atoms with Crippen LogP contribution in [0.15, 0.2) is 59.5 Å². The van der Waals surface area contributed by atoms with Crippen LogP contribution in [0.25, 0.3) is 0 Å². The number of ether oxygens (including phenoxy) is 4. The minimum absolute atomic E-state index is 0.000157. The summed E-state index contributed by atoms with van der Waals surface area (Å²) in [6.45, 7) is 34.2. The highest BCUT2D eigenvalue weighted by Crippen LogP contribution is 2.44. The van der Waals surface area contributed by atoms with E-state index in [0.717, 1.165) is 49.7 Å². The molecule has 3 saturated heterocycles. The minimum Gasteiger partial charge on any atom is -0.414 e. The standard InChI is InChI=1S/C45H78O9SSi2/c1-31-25-35(22-23-39-32(2)26-34(51-39)19-18-24-46)52-40(33(31)3)28-41-38(30-55(47,48)37-20-16-15-17-21-37)43(49-10)42(53-41)27-36(54-57(13,14)45(7,8)9)29-50-56(11,12)44(4,5)6/h15-17,20-21,31,34-36,38-43,46H,2-3,18-19,22-30H2,1,4-14H3/t31-,34?,35+,36+,38+,39+,40?,41?,42?,43-/m1/s1. The molecular formula is C45H78O9SSi2. The van der Waals surface area contributed by atoms with E-state index in [4.69, 9.17) is 27.8 Å². The zero-order valence-corrected chi connectivity index (χ0v) is 40.3. The fourth-order valence-corrected chi connectivity index (χ4v) is 12.1.